The van der Waals surface area contributed by atoms with Gasteiger partial charge in [0, 0.05) is 29.9 Å². The molecule has 2 aromatic carbocycles. The van der Waals surface area contributed by atoms with Gasteiger partial charge in [0.2, 0.25) is 0 Å². The number of anilines is 1. The number of phenols is 1. The Morgan fingerprint density at radius 3 is 2.47 bits per heavy atom. The molecule has 6 N–H and O–H groups in total. The summed E-state index contributed by atoms with van der Waals surface area (Å²) in [5, 5.41) is 21.9. The zero-order valence-electron chi connectivity index (χ0n) is 17.9. The molecule has 0 saturated carbocycles. The Bertz CT molecular complexity index is 1370. The monoisotopic (exact) mass is 540 g/mol. The number of phenolic OH excluding ortho intramolecular Hbond substituents is 1. The molecule has 0 bridgehead atoms. The normalized spacial score (nSPS) is 11.4. The molecule has 0 saturated heterocycles. The van der Waals surface area contributed by atoms with Crippen LogP contribution < -0.4 is 16.4 Å². The number of alkyl halides is 3. The highest BCUT2D eigenvalue weighted by molar-refractivity contribution is 7.19. The summed E-state index contributed by atoms with van der Waals surface area (Å²) < 4.78 is 41.1. The van der Waals surface area contributed by atoms with E-state index in [1.165, 1.54) is 12.1 Å². The quantitative estimate of drug-likeness (QED) is 0.283. The molecular weight excluding hydrogens is 525 g/mol. The number of aromatic hydroxyl groups is 1. The average Bonchev–Trinajstić information content (AvgIpc) is 3.18. The smallest absolute Gasteiger partial charge is 0.434 e. The number of nitrogens with zero attached hydrogens (tertiary/aromatic N) is 1. The van der Waals surface area contributed by atoms with Crippen molar-refractivity contribution in [1.29, 1.82) is 0 Å². The van der Waals surface area contributed by atoms with Crippen LogP contribution in [0.3, 0.4) is 0 Å². The predicted octanol–water partition coefficient (Wildman–Crippen LogP) is 4.03. The highest BCUT2D eigenvalue weighted by Crippen LogP contribution is 2.45. The number of carbonyl (C=O) groups excluding carboxylic acids is 2. The fourth-order valence-electron chi connectivity index (χ4n) is 3.07. The largest absolute Gasteiger partial charge is 0.508 e. The number of halogens is 4. The number of thiazole rings is 1. The second-order valence-electron chi connectivity index (χ2n) is 7.07. The van der Waals surface area contributed by atoms with Gasteiger partial charge in [0.1, 0.15) is 5.75 Å². The summed E-state index contributed by atoms with van der Waals surface area (Å²) in [6, 6.07) is 8.17. The summed E-state index contributed by atoms with van der Waals surface area (Å²) in [6.07, 6.45) is -3.52. The molecule has 0 radical (unpaired) electrons. The topological polar surface area (TPSA) is 155 Å². The first-order valence-corrected chi connectivity index (χ1v) is 11.0. The van der Waals surface area contributed by atoms with Crippen LogP contribution in [-0.2, 0) is 17.5 Å². The van der Waals surface area contributed by atoms with Crippen molar-refractivity contribution >= 4 is 45.9 Å². The lowest BCUT2D eigenvalue weighted by Gasteiger charge is -2.15. The number of nitrogens with two attached hydrogens (primary N) is 1. The summed E-state index contributed by atoms with van der Waals surface area (Å²) in [4.78, 5) is 38.9. The molecule has 14 heteroatoms. The maximum absolute atomic E-state index is 13.7. The van der Waals surface area contributed by atoms with Crippen molar-refractivity contribution in [3.8, 4) is 16.2 Å². The number of carbonyl (C=O) groups is 3. The van der Waals surface area contributed by atoms with Crippen molar-refractivity contribution in [2.75, 3.05) is 5.73 Å². The minimum Gasteiger partial charge on any atom is -0.508 e. The second-order valence-corrected chi connectivity index (χ2v) is 8.48. The van der Waals surface area contributed by atoms with Gasteiger partial charge in [-0.1, -0.05) is 35.1 Å². The van der Waals surface area contributed by atoms with E-state index in [1.54, 1.807) is 12.1 Å². The van der Waals surface area contributed by atoms with E-state index in [9.17, 15) is 32.7 Å². The van der Waals surface area contributed by atoms with Gasteiger partial charge in [0.15, 0.2) is 10.8 Å². The van der Waals surface area contributed by atoms with E-state index in [1.807, 2.05) is 0 Å². The molecule has 1 aromatic heterocycles. The van der Waals surface area contributed by atoms with Gasteiger partial charge in [-0.15, -0.1) is 0 Å². The van der Waals surface area contributed by atoms with Crippen molar-refractivity contribution in [2.45, 2.75) is 12.7 Å². The van der Waals surface area contributed by atoms with Crippen LogP contribution in [0.15, 0.2) is 48.7 Å². The Balaban J connectivity index is 2.10. The van der Waals surface area contributed by atoms with E-state index >= 15 is 0 Å². The molecular formula is C22H16ClF3N4O5S. The van der Waals surface area contributed by atoms with E-state index in [2.05, 4.69) is 15.6 Å². The van der Waals surface area contributed by atoms with E-state index < -0.39 is 50.2 Å². The number of carboxylic acid groups (broad SMARTS) is 1. The van der Waals surface area contributed by atoms with Crippen LogP contribution in [0.2, 0.25) is 5.02 Å². The molecule has 3 rings (SSSR count). The Kier molecular flexibility index (Phi) is 7.85. The van der Waals surface area contributed by atoms with Gasteiger partial charge in [-0.25, -0.2) is 9.78 Å². The molecule has 0 aliphatic heterocycles. The van der Waals surface area contributed by atoms with Gasteiger partial charge < -0.3 is 26.6 Å². The minimum absolute atomic E-state index is 0.0484. The molecule has 2 amide bonds. The lowest BCUT2D eigenvalue weighted by molar-refractivity contribution is -0.140. The van der Waals surface area contributed by atoms with Gasteiger partial charge in [0.05, 0.1) is 15.5 Å². The molecule has 0 aliphatic rings. The summed E-state index contributed by atoms with van der Waals surface area (Å²) in [5.41, 5.74) is 3.59. The first kappa shape index (κ1) is 26.5. The molecule has 0 spiro atoms. The van der Waals surface area contributed by atoms with E-state index in [-0.39, 0.29) is 23.4 Å². The number of aromatic nitrogens is 1. The Labute approximate surface area is 210 Å². The number of nitrogens with one attached hydrogen (secondary N) is 2. The Morgan fingerprint density at radius 2 is 1.83 bits per heavy atom. The first-order chi connectivity index (χ1) is 16.9. The van der Waals surface area contributed by atoms with Crippen molar-refractivity contribution < 1.29 is 37.8 Å². The van der Waals surface area contributed by atoms with E-state index in [4.69, 9.17) is 22.4 Å². The van der Waals surface area contributed by atoms with Crippen molar-refractivity contribution in [2.24, 2.45) is 0 Å². The van der Waals surface area contributed by atoms with Gasteiger partial charge in [-0.3, -0.25) is 9.59 Å². The van der Waals surface area contributed by atoms with Crippen LogP contribution in [0.5, 0.6) is 5.75 Å². The summed E-state index contributed by atoms with van der Waals surface area (Å²) in [7, 11) is 0. The molecule has 1 heterocycles. The van der Waals surface area contributed by atoms with Crippen LogP contribution >= 0.6 is 22.9 Å². The molecule has 0 aliphatic carbocycles. The van der Waals surface area contributed by atoms with Crippen LogP contribution in [-0.4, -0.2) is 33.0 Å². The summed E-state index contributed by atoms with van der Waals surface area (Å²) in [6.45, 7) is -0.0799. The maximum Gasteiger partial charge on any atom is 0.434 e. The number of nitrogen functional groups attached to an aromatic ring is 1. The zero-order valence-corrected chi connectivity index (χ0v) is 19.5. The summed E-state index contributed by atoms with van der Waals surface area (Å²) in [5.74, 6) is -3.16. The first-order valence-electron chi connectivity index (χ1n) is 9.81. The molecule has 188 valence electrons. The molecule has 3 aromatic rings. The fourth-order valence-corrected chi connectivity index (χ4v) is 4.39. The number of hydrogen-bond acceptors (Lipinski definition) is 7. The number of aliphatic carboxylic acids is 1. The number of amides is 2. The summed E-state index contributed by atoms with van der Waals surface area (Å²) >= 11 is 6.78. The van der Waals surface area contributed by atoms with Gasteiger partial charge in [-0.05, 0) is 29.8 Å². The maximum atomic E-state index is 13.7. The second kappa shape index (κ2) is 10.7. The third-order valence-corrected chi connectivity index (χ3v) is 5.87. The molecule has 0 unspecified atom stereocenters. The lowest BCUT2D eigenvalue weighted by Crippen LogP contribution is -2.24. The van der Waals surface area contributed by atoms with Gasteiger partial charge >= 0.3 is 12.1 Å². The van der Waals surface area contributed by atoms with Crippen LogP contribution in [0.25, 0.3) is 10.4 Å². The minimum atomic E-state index is -4.95. The third-order valence-electron chi connectivity index (χ3n) is 4.57. The fraction of sp³-hybridized carbons (Fsp3) is 0.0909. The van der Waals surface area contributed by atoms with Crippen molar-refractivity contribution in [3.05, 3.63) is 76.1 Å². The third kappa shape index (κ3) is 6.12. The highest BCUT2D eigenvalue weighted by atomic mass is 35.5. The number of hydrogen-bond donors (Lipinski definition) is 5. The van der Waals surface area contributed by atoms with Crippen LogP contribution in [0.1, 0.15) is 32.0 Å². The van der Waals surface area contributed by atoms with Crippen LogP contribution in [0.4, 0.5) is 18.3 Å². The zero-order chi connectivity index (χ0) is 26.6. The Morgan fingerprint density at radius 1 is 1.14 bits per heavy atom. The lowest BCUT2D eigenvalue weighted by atomic mass is 9.99. The van der Waals surface area contributed by atoms with Crippen molar-refractivity contribution in [1.82, 2.24) is 15.6 Å². The standard InChI is InChI=1S/C22H16ClF3N4O5S/c23-16-13(20(35)28-7-6-14(32)33)5-4-12(19(34)29-9-10-2-1-3-11(31)8-10)15(16)17-18(22(24,25)26)30-21(27)36-17/h1-8,31H,9H2,(H2,27,30)(H,28,35)(H,29,34)(H,32,33). The van der Waals surface area contributed by atoms with Gasteiger partial charge in [0.25, 0.3) is 11.8 Å². The molecule has 0 atom stereocenters. The van der Waals surface area contributed by atoms with E-state index in [0.717, 1.165) is 18.3 Å². The highest BCUT2D eigenvalue weighted by Gasteiger charge is 2.39. The van der Waals surface area contributed by atoms with Gasteiger partial charge in [-0.2, -0.15) is 13.2 Å². The number of benzene rings is 2. The van der Waals surface area contributed by atoms with Crippen molar-refractivity contribution in [3.63, 3.8) is 0 Å². The van der Waals surface area contributed by atoms with Crippen LogP contribution in [0, 0.1) is 0 Å². The molecule has 36 heavy (non-hydrogen) atoms. The Hall–Kier alpha value is -4.10. The SMILES string of the molecule is Nc1nc(C(F)(F)F)c(-c2c(C(=O)NCc3cccc(O)c3)ccc(C(=O)NC=CC(=O)O)c2Cl)s1. The number of carboxylic acids is 1. The molecule has 0 fully saturated rings. The van der Waals surface area contributed by atoms with E-state index in [0.29, 0.717) is 23.0 Å². The number of rotatable bonds is 7. The molecule has 9 nitrogen and oxygen atoms in total. The predicted molar refractivity (Wildman–Crippen MR) is 125 cm³/mol. The average molecular weight is 541 g/mol.